The molecule has 2 bridgehead atoms. The summed E-state index contributed by atoms with van der Waals surface area (Å²) in [6.07, 6.45) is 4.68. The fraction of sp³-hybridized carbons (Fsp3) is 1.00. The van der Waals surface area contributed by atoms with Crippen molar-refractivity contribution in [1.29, 1.82) is 0 Å². The molecule has 0 N–H and O–H groups in total. The summed E-state index contributed by atoms with van der Waals surface area (Å²) in [5.41, 5.74) is 0.582. The van der Waals surface area contributed by atoms with Crippen LogP contribution in [0.2, 0.25) is 0 Å². The van der Waals surface area contributed by atoms with Crippen LogP contribution >= 0.6 is 0 Å². The third-order valence-corrected chi connectivity index (χ3v) is 4.10. The Labute approximate surface area is 69.1 Å². The van der Waals surface area contributed by atoms with Crippen molar-refractivity contribution in [3.05, 3.63) is 0 Å². The van der Waals surface area contributed by atoms with Gasteiger partial charge in [0.1, 0.15) is 0 Å². The quantitative estimate of drug-likeness (QED) is 0.563. The van der Waals surface area contributed by atoms with E-state index in [-0.39, 0.29) is 0 Å². The van der Waals surface area contributed by atoms with Crippen LogP contribution in [0.4, 0.5) is 0 Å². The van der Waals surface area contributed by atoms with E-state index in [4.69, 9.17) is 4.74 Å². The lowest BCUT2D eigenvalue weighted by atomic mass is 9.48. The molecule has 3 rings (SSSR count). The Morgan fingerprint density at radius 3 is 2.36 bits per heavy atom. The number of hydrogen-bond acceptors (Lipinski definition) is 1. The summed E-state index contributed by atoms with van der Waals surface area (Å²) >= 11 is 0. The normalized spacial score (nSPS) is 46.6. The van der Waals surface area contributed by atoms with Crippen LogP contribution in [0.1, 0.15) is 33.1 Å². The molecule has 0 aromatic rings. The Morgan fingerprint density at radius 2 is 2.00 bits per heavy atom. The van der Waals surface area contributed by atoms with Gasteiger partial charge >= 0.3 is 0 Å². The van der Waals surface area contributed by atoms with Crippen LogP contribution in [-0.4, -0.2) is 13.2 Å². The maximum Gasteiger partial charge on any atom is 0.0604 e. The second kappa shape index (κ2) is 2.22. The Hall–Kier alpha value is -0.0400. The fourth-order valence-corrected chi connectivity index (χ4v) is 3.03. The molecular formula is C10H18O. The molecule has 3 saturated carbocycles. The van der Waals surface area contributed by atoms with E-state index in [0.29, 0.717) is 11.5 Å². The highest BCUT2D eigenvalue weighted by molar-refractivity contribution is 5.03. The molecule has 0 radical (unpaired) electrons. The third kappa shape index (κ3) is 0.868. The van der Waals surface area contributed by atoms with E-state index in [2.05, 4.69) is 13.8 Å². The molecule has 1 nitrogen and oxygen atoms in total. The molecule has 3 fully saturated rings. The molecule has 0 saturated heterocycles. The van der Waals surface area contributed by atoms with Crippen LogP contribution in [0.5, 0.6) is 0 Å². The largest absolute Gasteiger partial charge is 0.381 e. The highest BCUT2D eigenvalue weighted by Crippen LogP contribution is 2.59. The predicted molar refractivity (Wildman–Crippen MR) is 45.4 cm³/mol. The highest BCUT2D eigenvalue weighted by Gasteiger charge is 2.54. The Kier molecular flexibility index (Phi) is 1.54. The molecule has 3 atom stereocenters. The van der Waals surface area contributed by atoms with Gasteiger partial charge in [0, 0.05) is 7.11 Å². The van der Waals surface area contributed by atoms with Crippen LogP contribution in [-0.2, 0) is 4.74 Å². The van der Waals surface area contributed by atoms with Crippen molar-refractivity contribution in [2.75, 3.05) is 7.11 Å². The van der Waals surface area contributed by atoms with Crippen molar-refractivity contribution in [3.8, 4) is 0 Å². The first-order valence-corrected chi connectivity index (χ1v) is 4.69. The molecule has 3 aliphatic carbocycles. The minimum atomic E-state index is 0.565. The van der Waals surface area contributed by atoms with Crippen molar-refractivity contribution in [3.63, 3.8) is 0 Å². The smallest absolute Gasteiger partial charge is 0.0604 e. The van der Waals surface area contributed by atoms with Gasteiger partial charge in [-0.15, -0.1) is 0 Å². The van der Waals surface area contributed by atoms with Gasteiger partial charge in [0.05, 0.1) is 6.10 Å². The van der Waals surface area contributed by atoms with E-state index in [0.717, 1.165) is 11.8 Å². The molecule has 0 amide bonds. The van der Waals surface area contributed by atoms with Gasteiger partial charge in [-0.05, 0) is 36.5 Å². The summed E-state index contributed by atoms with van der Waals surface area (Å²) < 4.78 is 5.48. The monoisotopic (exact) mass is 154 g/mol. The molecule has 64 valence electrons. The van der Waals surface area contributed by atoms with Gasteiger partial charge < -0.3 is 4.74 Å². The molecular weight excluding hydrogens is 136 g/mol. The van der Waals surface area contributed by atoms with Crippen molar-refractivity contribution in [2.24, 2.45) is 17.3 Å². The van der Waals surface area contributed by atoms with Crippen molar-refractivity contribution in [2.45, 2.75) is 39.2 Å². The molecule has 0 spiro atoms. The Bertz CT molecular complexity index is 160. The molecule has 1 heteroatoms. The fourth-order valence-electron chi connectivity index (χ4n) is 3.03. The summed E-state index contributed by atoms with van der Waals surface area (Å²) in [6, 6.07) is 0. The first-order valence-electron chi connectivity index (χ1n) is 4.69. The standard InChI is InChI=1S/C10H18O/c1-10(2)7-4-5-9(11-3)8(10)6-7/h7-9H,4-6H2,1-3H3. The van der Waals surface area contributed by atoms with Gasteiger partial charge in [-0.2, -0.15) is 0 Å². The number of fused-ring (bicyclic) bond motifs is 2. The van der Waals surface area contributed by atoms with Crippen molar-refractivity contribution in [1.82, 2.24) is 0 Å². The molecule has 0 heterocycles. The lowest BCUT2D eigenvalue weighted by Gasteiger charge is -2.59. The summed E-state index contributed by atoms with van der Waals surface area (Å²) in [5.74, 6) is 1.85. The lowest BCUT2D eigenvalue weighted by molar-refractivity contribution is -0.151. The second-order valence-electron chi connectivity index (χ2n) is 4.71. The Morgan fingerprint density at radius 1 is 1.27 bits per heavy atom. The number of methoxy groups -OCH3 is 1. The van der Waals surface area contributed by atoms with Gasteiger partial charge in [0.2, 0.25) is 0 Å². The molecule has 0 aromatic heterocycles. The van der Waals surface area contributed by atoms with E-state index in [1.54, 1.807) is 0 Å². The summed E-state index contributed by atoms with van der Waals surface area (Å²) in [4.78, 5) is 0. The minimum Gasteiger partial charge on any atom is -0.381 e. The van der Waals surface area contributed by atoms with E-state index in [1.807, 2.05) is 7.11 Å². The van der Waals surface area contributed by atoms with Gasteiger partial charge in [-0.3, -0.25) is 0 Å². The topological polar surface area (TPSA) is 9.23 Å². The summed E-state index contributed by atoms with van der Waals surface area (Å²) in [5, 5.41) is 0. The zero-order valence-electron chi connectivity index (χ0n) is 7.76. The maximum atomic E-state index is 5.48. The summed E-state index contributed by atoms with van der Waals surface area (Å²) in [7, 11) is 1.86. The molecule has 3 unspecified atom stereocenters. The highest BCUT2D eigenvalue weighted by atomic mass is 16.5. The second-order valence-corrected chi connectivity index (χ2v) is 4.71. The minimum absolute atomic E-state index is 0.565. The van der Waals surface area contributed by atoms with Crippen molar-refractivity contribution >= 4 is 0 Å². The number of ether oxygens (including phenoxy) is 1. The van der Waals surface area contributed by atoms with E-state index in [9.17, 15) is 0 Å². The Balaban J connectivity index is 2.10. The first kappa shape index (κ1) is 7.60. The van der Waals surface area contributed by atoms with Crippen LogP contribution in [0.25, 0.3) is 0 Å². The van der Waals surface area contributed by atoms with Gasteiger partial charge in [-0.25, -0.2) is 0 Å². The van der Waals surface area contributed by atoms with E-state index in [1.165, 1.54) is 19.3 Å². The van der Waals surface area contributed by atoms with Gasteiger partial charge in [0.25, 0.3) is 0 Å². The molecule has 3 aliphatic rings. The van der Waals surface area contributed by atoms with Crippen molar-refractivity contribution < 1.29 is 4.74 Å². The predicted octanol–water partition coefficient (Wildman–Crippen LogP) is 2.46. The van der Waals surface area contributed by atoms with E-state index < -0.39 is 0 Å². The lowest BCUT2D eigenvalue weighted by Crippen LogP contribution is -2.55. The van der Waals surface area contributed by atoms with Crippen LogP contribution < -0.4 is 0 Å². The van der Waals surface area contributed by atoms with E-state index >= 15 is 0 Å². The SMILES string of the molecule is COC1CCC2CC1C2(C)C. The van der Waals surface area contributed by atoms with Crippen LogP contribution in [0.3, 0.4) is 0 Å². The number of hydrogen-bond donors (Lipinski definition) is 0. The average molecular weight is 154 g/mol. The summed E-state index contributed by atoms with van der Waals surface area (Å²) in [6.45, 7) is 4.80. The maximum absolute atomic E-state index is 5.48. The molecule has 11 heavy (non-hydrogen) atoms. The van der Waals surface area contributed by atoms with Gasteiger partial charge in [0.15, 0.2) is 0 Å². The van der Waals surface area contributed by atoms with Crippen LogP contribution in [0, 0.1) is 17.3 Å². The first-order chi connectivity index (χ1) is 5.16. The van der Waals surface area contributed by atoms with Gasteiger partial charge in [-0.1, -0.05) is 13.8 Å². The number of rotatable bonds is 1. The average Bonchev–Trinajstić information content (AvgIpc) is 2.04. The molecule has 0 aliphatic heterocycles. The third-order valence-electron chi connectivity index (χ3n) is 4.10. The van der Waals surface area contributed by atoms with Crippen LogP contribution in [0.15, 0.2) is 0 Å². The zero-order chi connectivity index (χ0) is 8.06. The zero-order valence-corrected chi connectivity index (χ0v) is 7.76. The molecule has 0 aromatic carbocycles.